The molecule has 0 aliphatic heterocycles. The van der Waals surface area contributed by atoms with Gasteiger partial charge in [0.2, 0.25) is 0 Å². The Labute approximate surface area is 105 Å². The van der Waals surface area contributed by atoms with Crippen molar-refractivity contribution in [3.05, 3.63) is 18.0 Å². The predicted octanol–water partition coefficient (Wildman–Crippen LogP) is 3.16. The lowest BCUT2D eigenvalue weighted by atomic mass is 9.98. The minimum atomic E-state index is 0.547. The van der Waals surface area contributed by atoms with E-state index in [0.717, 1.165) is 25.8 Å². The van der Waals surface area contributed by atoms with E-state index < -0.39 is 0 Å². The first-order valence-electron chi connectivity index (χ1n) is 6.99. The summed E-state index contributed by atoms with van der Waals surface area (Å²) in [6.07, 6.45) is 7.84. The van der Waals surface area contributed by atoms with E-state index in [-0.39, 0.29) is 0 Å². The summed E-state index contributed by atoms with van der Waals surface area (Å²) in [7, 11) is 0. The molecule has 0 aliphatic carbocycles. The van der Waals surface area contributed by atoms with Crippen LogP contribution in [0.15, 0.2) is 12.3 Å². The van der Waals surface area contributed by atoms with Crippen molar-refractivity contribution in [2.45, 2.75) is 58.9 Å². The highest BCUT2D eigenvalue weighted by Gasteiger charge is 2.11. The first-order valence-corrected chi connectivity index (χ1v) is 6.99. The van der Waals surface area contributed by atoms with Gasteiger partial charge in [-0.1, -0.05) is 27.2 Å². The third-order valence-corrected chi connectivity index (χ3v) is 3.51. The summed E-state index contributed by atoms with van der Waals surface area (Å²) < 4.78 is 2.12. The van der Waals surface area contributed by atoms with E-state index in [4.69, 9.17) is 5.73 Å². The van der Waals surface area contributed by atoms with Crippen LogP contribution in [0.25, 0.3) is 0 Å². The highest BCUT2D eigenvalue weighted by molar-refractivity contribution is 5.01. The number of aromatic nitrogens is 2. The Balaban J connectivity index is 2.60. The fraction of sp³-hybridized carbons (Fsp3) is 0.786. The van der Waals surface area contributed by atoms with Crippen LogP contribution in [0, 0.1) is 5.92 Å². The molecule has 0 bridgehead atoms. The van der Waals surface area contributed by atoms with Gasteiger partial charge in [-0.2, -0.15) is 5.10 Å². The maximum absolute atomic E-state index is 5.79. The van der Waals surface area contributed by atoms with E-state index >= 15 is 0 Å². The minimum Gasteiger partial charge on any atom is -0.330 e. The van der Waals surface area contributed by atoms with Crippen molar-refractivity contribution in [3.63, 3.8) is 0 Å². The Morgan fingerprint density at radius 3 is 2.53 bits per heavy atom. The van der Waals surface area contributed by atoms with Crippen molar-refractivity contribution in [1.29, 1.82) is 0 Å². The van der Waals surface area contributed by atoms with Crippen molar-refractivity contribution >= 4 is 0 Å². The second kappa shape index (κ2) is 7.49. The molecule has 0 saturated heterocycles. The summed E-state index contributed by atoms with van der Waals surface area (Å²) in [5, 5.41) is 4.68. The SMILES string of the molecule is CCCC(CN)Cc1ccn(C(CC)CC)n1. The molecule has 1 heterocycles. The van der Waals surface area contributed by atoms with Gasteiger partial charge in [0.05, 0.1) is 11.7 Å². The van der Waals surface area contributed by atoms with Crippen LogP contribution in [-0.4, -0.2) is 16.3 Å². The number of hydrogen-bond donors (Lipinski definition) is 1. The second-order valence-corrected chi connectivity index (χ2v) is 4.85. The Kier molecular flexibility index (Phi) is 6.27. The highest BCUT2D eigenvalue weighted by Crippen LogP contribution is 2.17. The summed E-state index contributed by atoms with van der Waals surface area (Å²) >= 11 is 0. The van der Waals surface area contributed by atoms with Crippen molar-refractivity contribution < 1.29 is 0 Å². The highest BCUT2D eigenvalue weighted by atomic mass is 15.3. The van der Waals surface area contributed by atoms with E-state index in [0.29, 0.717) is 12.0 Å². The third kappa shape index (κ3) is 4.15. The standard InChI is InChI=1S/C14H27N3/c1-4-7-12(11-15)10-13-8-9-17(16-13)14(5-2)6-3/h8-9,12,14H,4-7,10-11,15H2,1-3H3. The molecule has 1 aromatic rings. The molecular formula is C14H27N3. The molecule has 1 atom stereocenters. The van der Waals surface area contributed by atoms with Crippen LogP contribution in [0.1, 0.15) is 58.2 Å². The van der Waals surface area contributed by atoms with Crippen LogP contribution in [0.3, 0.4) is 0 Å². The van der Waals surface area contributed by atoms with Gasteiger partial charge in [-0.3, -0.25) is 4.68 Å². The number of rotatable bonds is 8. The first-order chi connectivity index (χ1) is 8.24. The van der Waals surface area contributed by atoms with Crippen molar-refractivity contribution in [2.75, 3.05) is 6.54 Å². The lowest BCUT2D eigenvalue weighted by molar-refractivity contribution is 0.418. The molecule has 0 aliphatic rings. The average Bonchev–Trinajstić information content (AvgIpc) is 2.79. The molecule has 2 N–H and O–H groups in total. The van der Waals surface area contributed by atoms with E-state index in [9.17, 15) is 0 Å². The van der Waals surface area contributed by atoms with Gasteiger partial charge >= 0.3 is 0 Å². The minimum absolute atomic E-state index is 0.547. The predicted molar refractivity (Wildman–Crippen MR) is 73.0 cm³/mol. The second-order valence-electron chi connectivity index (χ2n) is 4.85. The van der Waals surface area contributed by atoms with Crippen LogP contribution in [0.2, 0.25) is 0 Å². The van der Waals surface area contributed by atoms with E-state index in [2.05, 4.69) is 42.8 Å². The molecule has 1 unspecified atom stereocenters. The molecule has 3 nitrogen and oxygen atoms in total. The maximum atomic E-state index is 5.79. The summed E-state index contributed by atoms with van der Waals surface area (Å²) in [4.78, 5) is 0. The molecule has 0 amide bonds. The Hall–Kier alpha value is -0.830. The molecule has 0 spiro atoms. The molecule has 98 valence electrons. The van der Waals surface area contributed by atoms with Gasteiger partial charge in [-0.25, -0.2) is 0 Å². The van der Waals surface area contributed by atoms with Gasteiger partial charge in [-0.05, 0) is 44.2 Å². The maximum Gasteiger partial charge on any atom is 0.0627 e. The molecule has 3 heteroatoms. The van der Waals surface area contributed by atoms with Crippen molar-refractivity contribution in [2.24, 2.45) is 11.7 Å². The smallest absolute Gasteiger partial charge is 0.0627 e. The van der Waals surface area contributed by atoms with Gasteiger partial charge in [0.25, 0.3) is 0 Å². The molecule has 0 saturated carbocycles. The lowest BCUT2D eigenvalue weighted by Gasteiger charge is -2.14. The van der Waals surface area contributed by atoms with Crippen LogP contribution in [0.5, 0.6) is 0 Å². The van der Waals surface area contributed by atoms with E-state index in [1.807, 2.05) is 0 Å². The molecule has 0 fully saturated rings. The molecule has 0 aromatic carbocycles. The van der Waals surface area contributed by atoms with Gasteiger partial charge in [-0.15, -0.1) is 0 Å². The van der Waals surface area contributed by atoms with Crippen molar-refractivity contribution in [3.8, 4) is 0 Å². The number of nitrogens with two attached hydrogens (primary N) is 1. The molecule has 1 rings (SSSR count). The summed E-state index contributed by atoms with van der Waals surface area (Å²) in [5.41, 5.74) is 6.99. The normalized spacial score (nSPS) is 13.2. The zero-order valence-corrected chi connectivity index (χ0v) is 11.5. The molecule has 1 aromatic heterocycles. The third-order valence-electron chi connectivity index (χ3n) is 3.51. The summed E-state index contributed by atoms with van der Waals surface area (Å²) in [5.74, 6) is 0.588. The van der Waals surface area contributed by atoms with E-state index in [1.54, 1.807) is 0 Å². The van der Waals surface area contributed by atoms with Crippen LogP contribution >= 0.6 is 0 Å². The van der Waals surface area contributed by atoms with Crippen LogP contribution < -0.4 is 5.73 Å². The van der Waals surface area contributed by atoms with Crippen LogP contribution in [0.4, 0.5) is 0 Å². The molecular weight excluding hydrogens is 210 g/mol. The lowest BCUT2D eigenvalue weighted by Crippen LogP contribution is -2.17. The summed E-state index contributed by atoms with van der Waals surface area (Å²) in [6.45, 7) is 7.42. The van der Waals surface area contributed by atoms with Gasteiger partial charge in [0, 0.05) is 6.20 Å². The molecule has 0 radical (unpaired) electrons. The topological polar surface area (TPSA) is 43.8 Å². The molecule has 17 heavy (non-hydrogen) atoms. The fourth-order valence-electron chi connectivity index (χ4n) is 2.36. The Morgan fingerprint density at radius 2 is 2.00 bits per heavy atom. The Bertz CT molecular complexity index is 302. The van der Waals surface area contributed by atoms with E-state index in [1.165, 1.54) is 18.5 Å². The van der Waals surface area contributed by atoms with Gasteiger partial charge < -0.3 is 5.73 Å². The summed E-state index contributed by atoms with van der Waals surface area (Å²) in [6, 6.07) is 2.70. The Morgan fingerprint density at radius 1 is 1.29 bits per heavy atom. The number of hydrogen-bond acceptors (Lipinski definition) is 2. The van der Waals surface area contributed by atoms with Gasteiger partial charge in [0.1, 0.15) is 0 Å². The quantitative estimate of drug-likeness (QED) is 0.754. The van der Waals surface area contributed by atoms with Gasteiger partial charge in [0.15, 0.2) is 0 Å². The zero-order valence-electron chi connectivity index (χ0n) is 11.5. The average molecular weight is 237 g/mol. The fourth-order valence-corrected chi connectivity index (χ4v) is 2.36. The first kappa shape index (κ1) is 14.2. The number of nitrogens with zero attached hydrogens (tertiary/aromatic N) is 2. The zero-order chi connectivity index (χ0) is 12.7. The van der Waals surface area contributed by atoms with Crippen molar-refractivity contribution in [1.82, 2.24) is 9.78 Å². The van der Waals surface area contributed by atoms with Crippen LogP contribution in [-0.2, 0) is 6.42 Å². The largest absolute Gasteiger partial charge is 0.330 e. The monoisotopic (exact) mass is 237 g/mol.